The maximum absolute atomic E-state index is 11.6. The summed E-state index contributed by atoms with van der Waals surface area (Å²) in [5.74, 6) is 1.18. The smallest absolute Gasteiger partial charge is 0.319 e. The van der Waals surface area contributed by atoms with Crippen molar-refractivity contribution >= 4 is 17.4 Å². The number of benzene rings is 1. The van der Waals surface area contributed by atoms with Crippen molar-refractivity contribution in [3.8, 4) is 0 Å². The van der Waals surface area contributed by atoms with Crippen LogP contribution in [0.4, 0.5) is 16.2 Å². The van der Waals surface area contributed by atoms with E-state index in [4.69, 9.17) is 10.2 Å². The Hall–Kier alpha value is -2.50. The van der Waals surface area contributed by atoms with E-state index in [9.17, 15) is 4.79 Å². The van der Waals surface area contributed by atoms with Crippen molar-refractivity contribution in [3.05, 3.63) is 42.1 Å². The van der Waals surface area contributed by atoms with Crippen LogP contribution in [0, 0.1) is 6.92 Å². The molecule has 1 aromatic heterocycles. The first kappa shape index (κ1) is 12.0. The first-order valence-electron chi connectivity index (χ1n) is 5.45. The summed E-state index contributed by atoms with van der Waals surface area (Å²) in [6.45, 7) is 2.03. The quantitative estimate of drug-likeness (QED) is 0.721. The van der Waals surface area contributed by atoms with Gasteiger partial charge >= 0.3 is 6.03 Å². The van der Waals surface area contributed by atoms with E-state index in [-0.39, 0.29) is 12.6 Å². The zero-order chi connectivity index (χ0) is 13.0. The standard InChI is InChI=1S/C12H14N4O2/c1-8-6-14-11(18-8)7-15-12(17)16-10-4-2-3-9(13)5-10/h2-6H,7,13H2,1H3,(H2,15,16,17). The number of nitrogens with two attached hydrogens (primary N) is 1. The lowest BCUT2D eigenvalue weighted by atomic mass is 10.3. The predicted octanol–water partition coefficient (Wildman–Crippen LogP) is 1.89. The number of anilines is 2. The minimum absolute atomic E-state index is 0.238. The summed E-state index contributed by atoms with van der Waals surface area (Å²) in [5.41, 5.74) is 6.83. The molecule has 0 saturated heterocycles. The van der Waals surface area contributed by atoms with Gasteiger partial charge in [0.25, 0.3) is 0 Å². The van der Waals surface area contributed by atoms with Crippen LogP contribution in [0.2, 0.25) is 0 Å². The Morgan fingerprint density at radius 2 is 2.33 bits per heavy atom. The average Bonchev–Trinajstić information content (AvgIpc) is 2.73. The highest BCUT2D eigenvalue weighted by molar-refractivity contribution is 5.89. The van der Waals surface area contributed by atoms with Crippen LogP contribution in [0.25, 0.3) is 0 Å². The molecule has 1 heterocycles. The molecule has 6 nitrogen and oxygen atoms in total. The molecule has 0 saturated carbocycles. The summed E-state index contributed by atoms with van der Waals surface area (Å²) in [4.78, 5) is 15.6. The normalized spacial score (nSPS) is 10.1. The van der Waals surface area contributed by atoms with Crippen molar-refractivity contribution < 1.29 is 9.21 Å². The molecule has 0 fully saturated rings. The molecule has 0 spiro atoms. The van der Waals surface area contributed by atoms with Crippen molar-refractivity contribution in [2.45, 2.75) is 13.5 Å². The van der Waals surface area contributed by atoms with Crippen LogP contribution >= 0.6 is 0 Å². The lowest BCUT2D eigenvalue weighted by Gasteiger charge is -2.06. The number of nitrogens with one attached hydrogen (secondary N) is 2. The highest BCUT2D eigenvalue weighted by Gasteiger charge is 2.04. The summed E-state index contributed by atoms with van der Waals surface area (Å²) in [5, 5.41) is 5.29. The molecule has 0 aliphatic heterocycles. The molecule has 4 N–H and O–H groups in total. The minimum atomic E-state index is -0.337. The topological polar surface area (TPSA) is 93.2 Å². The Morgan fingerprint density at radius 1 is 1.50 bits per heavy atom. The van der Waals surface area contributed by atoms with E-state index in [0.29, 0.717) is 23.0 Å². The van der Waals surface area contributed by atoms with Gasteiger partial charge in [-0.1, -0.05) is 6.07 Å². The van der Waals surface area contributed by atoms with E-state index in [2.05, 4.69) is 15.6 Å². The van der Waals surface area contributed by atoms with Gasteiger partial charge in [-0.15, -0.1) is 0 Å². The van der Waals surface area contributed by atoms with Crippen LogP contribution in [0.5, 0.6) is 0 Å². The molecule has 0 radical (unpaired) electrons. The van der Waals surface area contributed by atoms with E-state index in [1.165, 1.54) is 0 Å². The van der Waals surface area contributed by atoms with Crippen LogP contribution in [-0.2, 0) is 6.54 Å². The minimum Gasteiger partial charge on any atom is -0.444 e. The summed E-state index contributed by atoms with van der Waals surface area (Å²) >= 11 is 0. The maximum atomic E-state index is 11.6. The number of nitrogens with zero attached hydrogens (tertiary/aromatic N) is 1. The molecule has 1 aromatic carbocycles. The highest BCUT2D eigenvalue weighted by Crippen LogP contribution is 2.11. The fourth-order valence-electron chi connectivity index (χ4n) is 1.43. The highest BCUT2D eigenvalue weighted by atomic mass is 16.4. The molecule has 2 amide bonds. The van der Waals surface area contributed by atoms with E-state index >= 15 is 0 Å². The van der Waals surface area contributed by atoms with Crippen molar-refractivity contribution in [3.63, 3.8) is 0 Å². The molecule has 94 valence electrons. The Morgan fingerprint density at radius 3 is 3.00 bits per heavy atom. The first-order chi connectivity index (χ1) is 8.63. The Bertz CT molecular complexity index is 551. The predicted molar refractivity (Wildman–Crippen MR) is 68.0 cm³/mol. The summed E-state index contributed by atoms with van der Waals surface area (Å²) in [6, 6.07) is 6.61. The molecular formula is C12H14N4O2. The second-order valence-corrected chi connectivity index (χ2v) is 3.80. The van der Waals surface area contributed by atoms with Crippen molar-refractivity contribution in [1.29, 1.82) is 0 Å². The lowest BCUT2D eigenvalue weighted by Crippen LogP contribution is -2.28. The van der Waals surface area contributed by atoms with Gasteiger partial charge < -0.3 is 20.8 Å². The van der Waals surface area contributed by atoms with Gasteiger partial charge in [-0.3, -0.25) is 0 Å². The zero-order valence-corrected chi connectivity index (χ0v) is 9.93. The second kappa shape index (κ2) is 5.22. The van der Waals surface area contributed by atoms with Crippen LogP contribution in [0.3, 0.4) is 0 Å². The first-order valence-corrected chi connectivity index (χ1v) is 5.45. The fraction of sp³-hybridized carbons (Fsp3) is 0.167. The summed E-state index contributed by atoms with van der Waals surface area (Å²) < 4.78 is 5.23. The molecule has 0 aliphatic carbocycles. The number of carbonyl (C=O) groups excluding carboxylic acids is 1. The number of rotatable bonds is 3. The monoisotopic (exact) mass is 246 g/mol. The number of hydrogen-bond donors (Lipinski definition) is 3. The number of aryl methyl sites for hydroxylation is 1. The van der Waals surface area contributed by atoms with Gasteiger partial charge in [0.1, 0.15) is 5.76 Å². The van der Waals surface area contributed by atoms with Crippen LogP contribution in [0.1, 0.15) is 11.7 Å². The third-order valence-corrected chi connectivity index (χ3v) is 2.21. The van der Waals surface area contributed by atoms with E-state index < -0.39 is 0 Å². The molecule has 18 heavy (non-hydrogen) atoms. The molecule has 2 aromatic rings. The van der Waals surface area contributed by atoms with Crippen LogP contribution in [-0.4, -0.2) is 11.0 Å². The maximum Gasteiger partial charge on any atom is 0.319 e. The molecule has 0 aliphatic rings. The van der Waals surface area contributed by atoms with Gasteiger partial charge in [-0.25, -0.2) is 9.78 Å². The Kier molecular flexibility index (Phi) is 3.47. The van der Waals surface area contributed by atoms with Gasteiger partial charge in [0.05, 0.1) is 12.7 Å². The van der Waals surface area contributed by atoms with Gasteiger partial charge in [0.15, 0.2) is 0 Å². The third-order valence-electron chi connectivity index (χ3n) is 2.21. The summed E-state index contributed by atoms with van der Waals surface area (Å²) in [6.07, 6.45) is 1.60. The molecular weight excluding hydrogens is 232 g/mol. The molecule has 2 rings (SSSR count). The van der Waals surface area contributed by atoms with Gasteiger partial charge in [-0.05, 0) is 25.1 Å². The number of nitrogen functional groups attached to an aromatic ring is 1. The van der Waals surface area contributed by atoms with Crippen molar-refractivity contribution in [2.24, 2.45) is 0 Å². The van der Waals surface area contributed by atoms with Gasteiger partial charge in [0.2, 0.25) is 5.89 Å². The fourth-order valence-corrected chi connectivity index (χ4v) is 1.43. The zero-order valence-electron chi connectivity index (χ0n) is 9.93. The second-order valence-electron chi connectivity index (χ2n) is 3.80. The Balaban J connectivity index is 1.85. The number of carbonyl (C=O) groups is 1. The number of amides is 2. The third kappa shape index (κ3) is 3.24. The molecule has 0 unspecified atom stereocenters. The van der Waals surface area contributed by atoms with E-state index in [0.717, 1.165) is 0 Å². The number of aromatic nitrogens is 1. The SMILES string of the molecule is Cc1cnc(CNC(=O)Nc2cccc(N)c2)o1. The van der Waals surface area contributed by atoms with Gasteiger partial charge in [-0.2, -0.15) is 0 Å². The van der Waals surface area contributed by atoms with E-state index in [1.54, 1.807) is 37.4 Å². The largest absolute Gasteiger partial charge is 0.444 e. The Labute approximate surface area is 104 Å². The molecule has 0 atom stereocenters. The lowest BCUT2D eigenvalue weighted by molar-refractivity contribution is 0.250. The van der Waals surface area contributed by atoms with Gasteiger partial charge in [0, 0.05) is 11.4 Å². The molecule has 6 heteroatoms. The van der Waals surface area contributed by atoms with Crippen molar-refractivity contribution in [1.82, 2.24) is 10.3 Å². The summed E-state index contributed by atoms with van der Waals surface area (Å²) in [7, 11) is 0. The average molecular weight is 246 g/mol. The van der Waals surface area contributed by atoms with Crippen molar-refractivity contribution in [2.75, 3.05) is 11.1 Å². The van der Waals surface area contributed by atoms with Crippen LogP contribution < -0.4 is 16.4 Å². The van der Waals surface area contributed by atoms with Crippen LogP contribution in [0.15, 0.2) is 34.9 Å². The van der Waals surface area contributed by atoms with E-state index in [1.807, 2.05) is 0 Å². The number of oxazole rings is 1. The molecule has 0 bridgehead atoms. The number of hydrogen-bond acceptors (Lipinski definition) is 4. The number of urea groups is 1.